The number of rotatable bonds is 6. The van der Waals surface area contributed by atoms with Gasteiger partial charge in [0.05, 0.1) is 0 Å². The van der Waals surface area contributed by atoms with E-state index in [1.54, 1.807) is 13.8 Å². The Morgan fingerprint density at radius 2 is 2.06 bits per heavy atom. The van der Waals surface area contributed by atoms with Crippen molar-refractivity contribution in [1.82, 2.24) is 9.88 Å². The Balaban J connectivity index is 2.71. The summed E-state index contributed by atoms with van der Waals surface area (Å²) in [5.74, 6) is 0.325. The van der Waals surface area contributed by atoms with E-state index in [4.69, 9.17) is 4.52 Å². The Bertz CT molecular complexity index is 422. The van der Waals surface area contributed by atoms with Crippen LogP contribution >= 0.6 is 15.9 Å². The van der Waals surface area contributed by atoms with Crippen molar-refractivity contribution in [2.75, 3.05) is 11.9 Å². The van der Waals surface area contributed by atoms with Gasteiger partial charge in [-0.15, -0.1) is 0 Å². The number of nitrogens with zero attached hydrogens (tertiary/aromatic N) is 1. The lowest BCUT2D eigenvalue weighted by Gasteiger charge is -2.05. The summed E-state index contributed by atoms with van der Waals surface area (Å²) >= 11 is 3.29. The van der Waals surface area contributed by atoms with Crippen LogP contribution in [0.2, 0.25) is 0 Å². The van der Waals surface area contributed by atoms with Crippen LogP contribution in [-0.4, -0.2) is 25.4 Å². The fraction of sp³-hybridized carbons (Fsp3) is 0.667. The molecule has 0 atom stereocenters. The van der Waals surface area contributed by atoms with Gasteiger partial charge in [0.25, 0.3) is 0 Å². The minimum atomic E-state index is -3.48. The molecule has 0 spiro atoms. The summed E-state index contributed by atoms with van der Waals surface area (Å²) in [4.78, 5) is 0.159. The van der Waals surface area contributed by atoms with E-state index in [9.17, 15) is 8.42 Å². The summed E-state index contributed by atoms with van der Waals surface area (Å²) in [6.45, 7) is 3.63. The van der Waals surface area contributed by atoms with E-state index in [0.717, 1.165) is 18.2 Å². The highest BCUT2D eigenvalue weighted by atomic mass is 79.9. The maximum Gasteiger partial charge on any atom is 0.245 e. The molecule has 0 saturated carbocycles. The number of halogens is 1. The Kier molecular flexibility index (Phi) is 4.94. The summed E-state index contributed by atoms with van der Waals surface area (Å²) in [6, 6.07) is 0. The summed E-state index contributed by atoms with van der Waals surface area (Å²) in [5.41, 5.74) is 0.394. The first-order chi connectivity index (χ1) is 7.49. The monoisotopic (exact) mass is 310 g/mol. The second-order valence-corrected chi connectivity index (χ2v) is 5.94. The maximum atomic E-state index is 11.9. The van der Waals surface area contributed by atoms with Gasteiger partial charge >= 0.3 is 0 Å². The Hall–Kier alpha value is -0.400. The fourth-order valence-corrected chi connectivity index (χ4v) is 3.15. The van der Waals surface area contributed by atoms with Crippen LogP contribution in [0.3, 0.4) is 0 Å². The third-order valence-electron chi connectivity index (χ3n) is 2.09. The van der Waals surface area contributed by atoms with Crippen molar-refractivity contribution >= 4 is 26.0 Å². The van der Waals surface area contributed by atoms with Gasteiger partial charge in [0.15, 0.2) is 5.76 Å². The van der Waals surface area contributed by atoms with Gasteiger partial charge in [0.1, 0.15) is 10.6 Å². The molecule has 0 saturated heterocycles. The Labute approximate surface area is 104 Å². The average Bonchev–Trinajstić information content (AvgIpc) is 2.54. The van der Waals surface area contributed by atoms with Crippen LogP contribution in [0.4, 0.5) is 0 Å². The van der Waals surface area contributed by atoms with Crippen molar-refractivity contribution in [2.24, 2.45) is 0 Å². The maximum absolute atomic E-state index is 11.9. The first-order valence-electron chi connectivity index (χ1n) is 4.97. The number of aromatic nitrogens is 1. The van der Waals surface area contributed by atoms with Crippen LogP contribution in [0, 0.1) is 13.8 Å². The summed E-state index contributed by atoms with van der Waals surface area (Å²) < 4.78 is 31.1. The summed E-state index contributed by atoms with van der Waals surface area (Å²) in [7, 11) is -3.48. The van der Waals surface area contributed by atoms with Crippen molar-refractivity contribution in [3.63, 3.8) is 0 Å². The molecule has 5 nitrogen and oxygen atoms in total. The quantitative estimate of drug-likeness (QED) is 0.642. The predicted molar refractivity (Wildman–Crippen MR) is 64.2 cm³/mol. The molecule has 1 N–H and O–H groups in total. The van der Waals surface area contributed by atoms with Crippen LogP contribution in [-0.2, 0) is 10.0 Å². The van der Waals surface area contributed by atoms with Crippen LogP contribution in [0.25, 0.3) is 0 Å². The number of hydrogen-bond donors (Lipinski definition) is 1. The lowest BCUT2D eigenvalue weighted by atomic mass is 10.3. The third kappa shape index (κ3) is 3.29. The molecule has 16 heavy (non-hydrogen) atoms. The first kappa shape index (κ1) is 13.7. The van der Waals surface area contributed by atoms with Gasteiger partial charge in [0, 0.05) is 11.9 Å². The van der Waals surface area contributed by atoms with E-state index in [1.165, 1.54) is 0 Å². The van der Waals surface area contributed by atoms with Gasteiger partial charge in [-0.05, 0) is 26.7 Å². The van der Waals surface area contributed by atoms with Crippen LogP contribution in [0.1, 0.15) is 24.3 Å². The molecule has 0 aliphatic carbocycles. The van der Waals surface area contributed by atoms with E-state index in [-0.39, 0.29) is 4.90 Å². The molecule has 0 radical (unpaired) electrons. The minimum absolute atomic E-state index is 0.159. The number of sulfonamides is 1. The molecule has 1 rings (SSSR count). The molecule has 0 fully saturated rings. The van der Waals surface area contributed by atoms with Crippen molar-refractivity contribution < 1.29 is 12.9 Å². The predicted octanol–water partition coefficient (Wildman–Crippen LogP) is 1.74. The highest BCUT2D eigenvalue weighted by Gasteiger charge is 2.23. The van der Waals surface area contributed by atoms with Gasteiger partial charge in [-0.25, -0.2) is 13.1 Å². The van der Waals surface area contributed by atoms with Crippen molar-refractivity contribution in [3.05, 3.63) is 11.5 Å². The molecule has 7 heteroatoms. The number of hydrogen-bond acceptors (Lipinski definition) is 4. The van der Waals surface area contributed by atoms with Gasteiger partial charge < -0.3 is 4.52 Å². The first-order valence-corrected chi connectivity index (χ1v) is 7.58. The molecular weight excluding hydrogens is 296 g/mol. The standard InChI is InChI=1S/C9H15BrN2O3S/c1-7-9(8(2)15-12-7)16(13,14)11-6-4-3-5-10/h11H,3-6H2,1-2H3. The molecule has 0 aliphatic heterocycles. The fourth-order valence-electron chi connectivity index (χ4n) is 1.36. The second-order valence-electron chi connectivity index (χ2n) is 3.45. The zero-order valence-electron chi connectivity index (χ0n) is 9.29. The van der Waals surface area contributed by atoms with Gasteiger partial charge in [-0.1, -0.05) is 21.1 Å². The SMILES string of the molecule is Cc1noc(C)c1S(=O)(=O)NCCCCBr. The normalized spacial score (nSPS) is 11.9. The van der Waals surface area contributed by atoms with E-state index in [2.05, 4.69) is 25.8 Å². The molecule has 1 aromatic rings. The number of aryl methyl sites for hydroxylation is 2. The minimum Gasteiger partial charge on any atom is -0.360 e. The molecule has 1 heterocycles. The van der Waals surface area contributed by atoms with E-state index in [1.807, 2.05) is 0 Å². The molecule has 0 bridgehead atoms. The second kappa shape index (κ2) is 5.79. The van der Waals surface area contributed by atoms with Crippen molar-refractivity contribution in [1.29, 1.82) is 0 Å². The molecule has 0 amide bonds. The van der Waals surface area contributed by atoms with Crippen LogP contribution in [0.5, 0.6) is 0 Å². The van der Waals surface area contributed by atoms with Crippen molar-refractivity contribution in [2.45, 2.75) is 31.6 Å². The van der Waals surface area contributed by atoms with E-state index >= 15 is 0 Å². The molecule has 92 valence electrons. The Morgan fingerprint density at radius 3 is 2.56 bits per heavy atom. The van der Waals surface area contributed by atoms with Gasteiger partial charge in [-0.2, -0.15) is 0 Å². The summed E-state index contributed by atoms with van der Waals surface area (Å²) in [5, 5.41) is 4.50. The molecule has 1 aromatic heterocycles. The van der Waals surface area contributed by atoms with E-state index < -0.39 is 10.0 Å². The molecular formula is C9H15BrN2O3S. The lowest BCUT2D eigenvalue weighted by Crippen LogP contribution is -2.25. The average molecular weight is 311 g/mol. The zero-order chi connectivity index (χ0) is 12.2. The molecule has 0 aromatic carbocycles. The summed E-state index contributed by atoms with van der Waals surface area (Å²) in [6.07, 6.45) is 1.73. The number of unbranched alkanes of at least 4 members (excludes halogenated alkanes) is 1. The number of alkyl halides is 1. The van der Waals surface area contributed by atoms with Gasteiger partial charge in [0.2, 0.25) is 10.0 Å². The highest BCUT2D eigenvalue weighted by molar-refractivity contribution is 9.09. The van der Waals surface area contributed by atoms with Gasteiger partial charge in [-0.3, -0.25) is 0 Å². The van der Waals surface area contributed by atoms with Crippen LogP contribution in [0.15, 0.2) is 9.42 Å². The molecule has 0 unspecified atom stereocenters. The zero-order valence-corrected chi connectivity index (χ0v) is 11.7. The number of nitrogens with one attached hydrogen (secondary N) is 1. The smallest absolute Gasteiger partial charge is 0.245 e. The van der Waals surface area contributed by atoms with Crippen molar-refractivity contribution in [3.8, 4) is 0 Å². The molecule has 0 aliphatic rings. The van der Waals surface area contributed by atoms with E-state index in [0.29, 0.717) is 18.0 Å². The van der Waals surface area contributed by atoms with Crippen LogP contribution < -0.4 is 4.72 Å². The largest absolute Gasteiger partial charge is 0.360 e. The lowest BCUT2D eigenvalue weighted by molar-refractivity contribution is 0.390. The third-order valence-corrected chi connectivity index (χ3v) is 4.35. The Morgan fingerprint density at radius 1 is 1.38 bits per heavy atom. The highest BCUT2D eigenvalue weighted by Crippen LogP contribution is 2.18. The topological polar surface area (TPSA) is 72.2 Å².